The van der Waals surface area contributed by atoms with Gasteiger partial charge in [-0.15, -0.1) is 0 Å². The van der Waals surface area contributed by atoms with E-state index in [1.165, 1.54) is 0 Å². The second-order valence-corrected chi connectivity index (χ2v) is 7.31. The average molecular weight is 300 g/mol. The van der Waals surface area contributed by atoms with Crippen LogP contribution >= 0.6 is 0 Å². The molecule has 4 atom stereocenters. The van der Waals surface area contributed by atoms with Gasteiger partial charge < -0.3 is 15.1 Å². The molecular weight excluding hydrogens is 288 g/mol. The van der Waals surface area contributed by atoms with Gasteiger partial charge in [-0.25, -0.2) is 13.2 Å². The monoisotopic (exact) mass is 300 g/mol. The summed E-state index contributed by atoms with van der Waals surface area (Å²) < 4.78 is 23.1. The zero-order valence-corrected chi connectivity index (χ0v) is 11.2. The third-order valence-electron chi connectivity index (χ3n) is 3.86. The maximum absolute atomic E-state index is 12.5. The van der Waals surface area contributed by atoms with E-state index in [0.29, 0.717) is 0 Å². The number of rotatable bonds is 3. The molecule has 0 radical (unpaired) electrons. The fourth-order valence-electron chi connectivity index (χ4n) is 2.80. The molecule has 108 valence electrons. The SMILES string of the molecule is C[C@]1(C=CC#N)[C@H](C(=O)O)N2C(=O)[C@@H](CO)[C@H]2S1(=O)=O. The topological polar surface area (TPSA) is 136 Å². The second kappa shape index (κ2) is 4.29. The van der Waals surface area contributed by atoms with Crippen LogP contribution in [-0.2, 0) is 19.4 Å². The van der Waals surface area contributed by atoms with E-state index in [2.05, 4.69) is 0 Å². The van der Waals surface area contributed by atoms with Crippen LogP contribution in [-0.4, -0.2) is 58.2 Å². The van der Waals surface area contributed by atoms with Gasteiger partial charge in [0.1, 0.15) is 10.1 Å². The number of hydrogen-bond donors (Lipinski definition) is 2. The summed E-state index contributed by atoms with van der Waals surface area (Å²) in [7, 11) is -4.06. The van der Waals surface area contributed by atoms with E-state index in [1.807, 2.05) is 0 Å². The first kappa shape index (κ1) is 14.5. The number of carbonyl (C=O) groups is 2. The molecule has 0 saturated carbocycles. The zero-order chi connectivity index (χ0) is 15.3. The van der Waals surface area contributed by atoms with Gasteiger partial charge in [0.15, 0.2) is 15.9 Å². The van der Waals surface area contributed by atoms with Crippen molar-refractivity contribution in [3.63, 3.8) is 0 Å². The molecule has 2 aliphatic rings. The molecule has 8 nitrogen and oxygen atoms in total. The number of aliphatic hydroxyl groups excluding tert-OH is 1. The van der Waals surface area contributed by atoms with E-state index in [0.717, 1.165) is 24.0 Å². The molecule has 2 heterocycles. The molecule has 20 heavy (non-hydrogen) atoms. The molecule has 0 spiro atoms. The fourth-order valence-corrected chi connectivity index (χ4v) is 5.27. The third-order valence-corrected chi connectivity index (χ3v) is 6.64. The van der Waals surface area contributed by atoms with Gasteiger partial charge in [0, 0.05) is 6.08 Å². The minimum Gasteiger partial charge on any atom is -0.480 e. The number of hydrogen-bond acceptors (Lipinski definition) is 6. The number of nitrogens with zero attached hydrogens (tertiary/aromatic N) is 2. The summed E-state index contributed by atoms with van der Waals surface area (Å²) >= 11 is 0. The Hall–Kier alpha value is -1.92. The maximum atomic E-state index is 12.5. The lowest BCUT2D eigenvalue weighted by Crippen LogP contribution is -2.64. The van der Waals surface area contributed by atoms with Crippen molar-refractivity contribution in [3.05, 3.63) is 12.2 Å². The Morgan fingerprint density at radius 2 is 2.20 bits per heavy atom. The lowest BCUT2D eigenvalue weighted by molar-refractivity contribution is -0.164. The van der Waals surface area contributed by atoms with Crippen molar-refractivity contribution in [2.75, 3.05) is 6.61 Å². The van der Waals surface area contributed by atoms with E-state index < -0.39 is 50.4 Å². The van der Waals surface area contributed by atoms with Crippen molar-refractivity contribution in [1.29, 1.82) is 5.26 Å². The van der Waals surface area contributed by atoms with E-state index in [9.17, 15) is 23.1 Å². The Morgan fingerprint density at radius 1 is 1.60 bits per heavy atom. The summed E-state index contributed by atoms with van der Waals surface area (Å²) in [4.78, 5) is 23.9. The lowest BCUT2D eigenvalue weighted by Gasteiger charge is -2.41. The molecule has 2 fully saturated rings. The molecule has 0 aromatic heterocycles. The Kier molecular flexibility index (Phi) is 3.11. The lowest BCUT2D eigenvalue weighted by atomic mass is 9.91. The number of carboxylic acid groups (broad SMARTS) is 1. The molecule has 9 heteroatoms. The molecule has 0 aliphatic carbocycles. The molecule has 2 rings (SSSR count). The van der Waals surface area contributed by atoms with Crippen LogP contribution in [0.25, 0.3) is 0 Å². The van der Waals surface area contributed by atoms with Gasteiger partial charge in [-0.2, -0.15) is 5.26 Å². The van der Waals surface area contributed by atoms with Crippen molar-refractivity contribution in [2.24, 2.45) is 5.92 Å². The number of fused-ring (bicyclic) bond motifs is 1. The molecule has 1 amide bonds. The highest BCUT2D eigenvalue weighted by Crippen LogP contribution is 2.49. The number of β-lactam (4-membered cyclic amide) rings is 1. The van der Waals surface area contributed by atoms with Crippen molar-refractivity contribution in [2.45, 2.75) is 23.1 Å². The van der Waals surface area contributed by atoms with Crippen LogP contribution < -0.4 is 0 Å². The van der Waals surface area contributed by atoms with Crippen molar-refractivity contribution in [3.8, 4) is 6.07 Å². The molecule has 0 bridgehead atoms. The predicted molar refractivity (Wildman–Crippen MR) is 64.7 cm³/mol. The Morgan fingerprint density at radius 3 is 2.65 bits per heavy atom. The first-order valence-electron chi connectivity index (χ1n) is 5.70. The number of sulfone groups is 1. The third kappa shape index (κ3) is 1.46. The minimum absolute atomic E-state index is 0.663. The number of aliphatic carboxylic acids is 1. The van der Waals surface area contributed by atoms with Gasteiger partial charge in [0.25, 0.3) is 0 Å². The Balaban J connectivity index is 2.63. The summed E-state index contributed by atoms with van der Waals surface area (Å²) in [5.41, 5.74) is 0. The maximum Gasteiger partial charge on any atom is 0.328 e. The highest BCUT2D eigenvalue weighted by molar-refractivity contribution is 7.94. The smallest absolute Gasteiger partial charge is 0.328 e. The molecule has 2 aliphatic heterocycles. The normalized spacial score (nSPS) is 38.4. The second-order valence-electron chi connectivity index (χ2n) is 4.86. The highest BCUT2D eigenvalue weighted by Gasteiger charge is 2.72. The summed E-state index contributed by atoms with van der Waals surface area (Å²) in [6, 6.07) is 0.0131. The van der Waals surface area contributed by atoms with Crippen LogP contribution in [0.2, 0.25) is 0 Å². The van der Waals surface area contributed by atoms with Gasteiger partial charge >= 0.3 is 5.97 Å². The molecule has 0 aromatic carbocycles. The number of amides is 1. The van der Waals surface area contributed by atoms with Crippen LogP contribution in [0.5, 0.6) is 0 Å². The first-order chi connectivity index (χ1) is 9.24. The van der Waals surface area contributed by atoms with Crippen molar-refractivity contribution < 1.29 is 28.2 Å². The van der Waals surface area contributed by atoms with Crippen molar-refractivity contribution in [1.82, 2.24) is 4.90 Å². The van der Waals surface area contributed by atoms with Gasteiger partial charge in [-0.3, -0.25) is 4.79 Å². The minimum atomic E-state index is -4.06. The number of nitriles is 1. The summed E-state index contributed by atoms with van der Waals surface area (Å²) in [6.45, 7) is 0.499. The highest BCUT2D eigenvalue weighted by atomic mass is 32.2. The van der Waals surface area contributed by atoms with Crippen LogP contribution in [0.3, 0.4) is 0 Å². The standard InChI is InChI=1S/C11H12N2O6S/c1-11(3-2-4-12)7(10(16)17)13-8(15)6(5-14)9(13)20(11,18)19/h2-3,6-7,9,14H,5H2,1H3,(H,16,17)/t6-,7+,9-,11+/m1/s1. The molecule has 2 N–H and O–H groups in total. The van der Waals surface area contributed by atoms with Crippen LogP contribution in [0.1, 0.15) is 6.92 Å². The van der Waals surface area contributed by atoms with E-state index in [-0.39, 0.29) is 0 Å². The van der Waals surface area contributed by atoms with Gasteiger partial charge in [0.05, 0.1) is 18.6 Å². The number of aliphatic hydroxyl groups is 1. The Bertz CT molecular complexity index is 648. The molecular formula is C11H12N2O6S. The van der Waals surface area contributed by atoms with E-state index in [4.69, 9.17) is 10.4 Å². The molecule has 0 unspecified atom stereocenters. The van der Waals surface area contributed by atoms with Gasteiger partial charge in [0.2, 0.25) is 5.91 Å². The summed E-state index contributed by atoms with van der Waals surface area (Å²) in [6.07, 6.45) is 1.87. The first-order valence-corrected chi connectivity index (χ1v) is 7.25. The largest absolute Gasteiger partial charge is 0.480 e. The van der Waals surface area contributed by atoms with Crippen molar-refractivity contribution >= 4 is 21.7 Å². The van der Waals surface area contributed by atoms with Crippen LogP contribution in [0.15, 0.2) is 12.2 Å². The fraction of sp³-hybridized carbons (Fsp3) is 0.545. The number of carbonyl (C=O) groups excluding carboxylic acids is 1. The number of carboxylic acids is 1. The van der Waals surface area contributed by atoms with E-state index >= 15 is 0 Å². The summed E-state index contributed by atoms with van der Waals surface area (Å²) in [5.74, 6) is -3.31. The average Bonchev–Trinajstić information content (AvgIpc) is 2.52. The van der Waals surface area contributed by atoms with Crippen LogP contribution in [0, 0.1) is 17.2 Å². The number of allylic oxidation sites excluding steroid dienone is 1. The molecule has 2 saturated heterocycles. The summed E-state index contributed by atoms with van der Waals surface area (Å²) in [5, 5.41) is 25.5. The van der Waals surface area contributed by atoms with E-state index in [1.54, 1.807) is 6.07 Å². The zero-order valence-electron chi connectivity index (χ0n) is 10.4. The quantitative estimate of drug-likeness (QED) is 0.477. The molecule has 0 aromatic rings. The Labute approximate surface area is 114 Å². The van der Waals surface area contributed by atoms with Gasteiger partial charge in [-0.05, 0) is 6.92 Å². The van der Waals surface area contributed by atoms with Crippen LogP contribution in [0.4, 0.5) is 0 Å². The van der Waals surface area contributed by atoms with Gasteiger partial charge in [-0.1, -0.05) is 6.08 Å². The predicted octanol–water partition coefficient (Wildman–Crippen LogP) is -1.52.